The van der Waals surface area contributed by atoms with Gasteiger partial charge < -0.3 is 5.73 Å². The van der Waals surface area contributed by atoms with E-state index < -0.39 is 0 Å². The van der Waals surface area contributed by atoms with Gasteiger partial charge in [0.2, 0.25) is 0 Å². The number of aryl methyl sites for hydroxylation is 1. The first-order chi connectivity index (χ1) is 8.84. The molecule has 1 aromatic heterocycles. The number of anilines is 1. The maximum Gasteiger partial charge on any atom is 0.144 e. The predicted octanol–water partition coefficient (Wildman–Crippen LogP) is 2.85. The zero-order valence-corrected chi connectivity index (χ0v) is 12.2. The molecule has 2 aliphatic rings. The molecule has 0 spiro atoms. The summed E-state index contributed by atoms with van der Waals surface area (Å²) in [4.78, 5) is 9.42. The van der Waals surface area contributed by atoms with Crippen molar-refractivity contribution in [3.8, 4) is 0 Å². The normalized spacial score (nSPS) is 24.3. The SMILES string of the molecule is Nc1nc(C2CSCCS2)nc2c1CCCCC2. The minimum absolute atomic E-state index is 0.444. The lowest BCUT2D eigenvalue weighted by atomic mass is 10.1. The van der Waals surface area contributed by atoms with Gasteiger partial charge in [0.1, 0.15) is 11.6 Å². The van der Waals surface area contributed by atoms with Crippen molar-refractivity contribution in [1.29, 1.82) is 0 Å². The number of nitrogen functional groups attached to an aromatic ring is 1. The van der Waals surface area contributed by atoms with Gasteiger partial charge in [0.05, 0.1) is 5.25 Å². The van der Waals surface area contributed by atoms with Crippen molar-refractivity contribution < 1.29 is 0 Å². The summed E-state index contributed by atoms with van der Waals surface area (Å²) in [7, 11) is 0. The van der Waals surface area contributed by atoms with Crippen LogP contribution in [0.4, 0.5) is 5.82 Å². The second-order valence-corrected chi connectivity index (χ2v) is 7.35. The summed E-state index contributed by atoms with van der Waals surface area (Å²) in [5, 5.41) is 0.444. The van der Waals surface area contributed by atoms with Crippen LogP contribution in [-0.2, 0) is 12.8 Å². The zero-order valence-electron chi connectivity index (χ0n) is 10.5. The molecule has 18 heavy (non-hydrogen) atoms. The van der Waals surface area contributed by atoms with Gasteiger partial charge in [-0.3, -0.25) is 0 Å². The molecule has 1 aromatic rings. The molecule has 2 N–H and O–H groups in total. The molecular formula is C13H19N3S2. The van der Waals surface area contributed by atoms with Crippen LogP contribution in [0.5, 0.6) is 0 Å². The maximum absolute atomic E-state index is 6.15. The Hall–Kier alpha value is -0.420. The summed E-state index contributed by atoms with van der Waals surface area (Å²) >= 11 is 3.98. The molecule has 2 heterocycles. The van der Waals surface area contributed by atoms with Gasteiger partial charge in [-0.05, 0) is 25.7 Å². The van der Waals surface area contributed by atoms with Crippen LogP contribution in [0.15, 0.2) is 0 Å². The van der Waals surface area contributed by atoms with E-state index in [1.54, 1.807) is 0 Å². The molecule has 3 rings (SSSR count). The fourth-order valence-electron chi connectivity index (χ4n) is 2.60. The summed E-state index contributed by atoms with van der Waals surface area (Å²) in [6.07, 6.45) is 5.91. The quantitative estimate of drug-likeness (QED) is 0.802. The average molecular weight is 281 g/mol. The van der Waals surface area contributed by atoms with Crippen molar-refractivity contribution in [2.75, 3.05) is 23.0 Å². The fraction of sp³-hybridized carbons (Fsp3) is 0.692. The highest BCUT2D eigenvalue weighted by Gasteiger charge is 2.22. The van der Waals surface area contributed by atoms with Gasteiger partial charge in [-0.2, -0.15) is 11.8 Å². The minimum Gasteiger partial charge on any atom is -0.383 e. The van der Waals surface area contributed by atoms with Crippen molar-refractivity contribution in [1.82, 2.24) is 9.97 Å². The molecule has 5 heteroatoms. The third kappa shape index (κ3) is 2.62. The lowest BCUT2D eigenvalue weighted by Crippen LogP contribution is -2.14. The molecule has 1 atom stereocenters. The van der Waals surface area contributed by atoms with Gasteiger partial charge in [-0.15, -0.1) is 11.8 Å². The number of aromatic nitrogens is 2. The second-order valence-electron chi connectivity index (χ2n) is 4.89. The topological polar surface area (TPSA) is 51.8 Å². The summed E-state index contributed by atoms with van der Waals surface area (Å²) in [5.41, 5.74) is 8.61. The van der Waals surface area contributed by atoms with Crippen LogP contribution in [0.1, 0.15) is 41.6 Å². The second kappa shape index (κ2) is 5.70. The number of thioether (sulfide) groups is 2. The molecule has 0 radical (unpaired) electrons. The van der Waals surface area contributed by atoms with Crippen LogP contribution in [0.3, 0.4) is 0 Å². The number of nitrogens with two attached hydrogens (primary N) is 1. The van der Waals surface area contributed by atoms with E-state index in [9.17, 15) is 0 Å². The maximum atomic E-state index is 6.15. The zero-order chi connectivity index (χ0) is 12.4. The third-order valence-corrected chi connectivity index (χ3v) is 6.34. The average Bonchev–Trinajstić information content (AvgIpc) is 2.65. The summed E-state index contributed by atoms with van der Waals surface area (Å²) in [6.45, 7) is 0. The fourth-order valence-corrected chi connectivity index (χ4v) is 5.20. The number of hydrogen-bond acceptors (Lipinski definition) is 5. The van der Waals surface area contributed by atoms with E-state index in [0.29, 0.717) is 5.25 Å². The highest BCUT2D eigenvalue weighted by Crippen LogP contribution is 2.36. The molecule has 1 aliphatic heterocycles. The minimum atomic E-state index is 0.444. The monoisotopic (exact) mass is 281 g/mol. The number of hydrogen-bond donors (Lipinski definition) is 1. The van der Waals surface area contributed by atoms with E-state index >= 15 is 0 Å². The smallest absolute Gasteiger partial charge is 0.144 e. The molecule has 0 bridgehead atoms. The summed E-state index contributed by atoms with van der Waals surface area (Å²) < 4.78 is 0. The third-order valence-electron chi connectivity index (χ3n) is 3.59. The Morgan fingerprint density at radius 2 is 1.94 bits per heavy atom. The van der Waals surface area contributed by atoms with E-state index in [4.69, 9.17) is 10.7 Å². The Labute approximate surface area is 117 Å². The molecule has 1 saturated heterocycles. The molecule has 1 unspecified atom stereocenters. The highest BCUT2D eigenvalue weighted by molar-refractivity contribution is 8.06. The van der Waals surface area contributed by atoms with Gasteiger partial charge >= 0.3 is 0 Å². The van der Waals surface area contributed by atoms with E-state index in [-0.39, 0.29) is 0 Å². The largest absolute Gasteiger partial charge is 0.383 e. The van der Waals surface area contributed by atoms with Crippen LogP contribution in [-0.4, -0.2) is 27.2 Å². The number of rotatable bonds is 1. The van der Waals surface area contributed by atoms with Crippen molar-refractivity contribution in [2.24, 2.45) is 0 Å². The molecule has 0 amide bonds. The van der Waals surface area contributed by atoms with E-state index in [1.165, 1.54) is 42.0 Å². The number of fused-ring (bicyclic) bond motifs is 1. The van der Waals surface area contributed by atoms with Crippen LogP contribution >= 0.6 is 23.5 Å². The van der Waals surface area contributed by atoms with Gasteiger partial charge in [0.25, 0.3) is 0 Å². The molecule has 3 nitrogen and oxygen atoms in total. The van der Waals surface area contributed by atoms with Crippen LogP contribution < -0.4 is 5.73 Å². The Balaban J connectivity index is 1.91. The van der Waals surface area contributed by atoms with E-state index in [0.717, 1.165) is 30.2 Å². The lowest BCUT2D eigenvalue weighted by Gasteiger charge is -2.21. The first-order valence-corrected chi connectivity index (χ1v) is 8.89. The van der Waals surface area contributed by atoms with E-state index in [2.05, 4.69) is 4.98 Å². The Morgan fingerprint density at radius 1 is 1.06 bits per heavy atom. The molecular weight excluding hydrogens is 262 g/mol. The Morgan fingerprint density at radius 3 is 2.78 bits per heavy atom. The van der Waals surface area contributed by atoms with Gasteiger partial charge in [0.15, 0.2) is 0 Å². The van der Waals surface area contributed by atoms with Gasteiger partial charge in [0, 0.05) is 28.5 Å². The van der Waals surface area contributed by atoms with Crippen LogP contribution in [0.2, 0.25) is 0 Å². The standard InChI is InChI=1S/C13H19N3S2/c14-12-9-4-2-1-3-5-10(9)15-13(16-12)11-8-17-6-7-18-11/h11H,1-8H2,(H2,14,15,16). The Kier molecular flexibility index (Phi) is 3.99. The van der Waals surface area contributed by atoms with Crippen LogP contribution in [0, 0.1) is 0 Å². The predicted molar refractivity (Wildman–Crippen MR) is 80.2 cm³/mol. The molecule has 98 valence electrons. The number of nitrogens with zero attached hydrogens (tertiary/aromatic N) is 2. The first kappa shape index (κ1) is 12.6. The van der Waals surface area contributed by atoms with Crippen molar-refractivity contribution >= 4 is 29.3 Å². The Bertz CT molecular complexity index is 430. The highest BCUT2D eigenvalue weighted by atomic mass is 32.2. The summed E-state index contributed by atoms with van der Waals surface area (Å²) in [5.74, 6) is 5.30. The van der Waals surface area contributed by atoms with Gasteiger partial charge in [-0.25, -0.2) is 9.97 Å². The lowest BCUT2D eigenvalue weighted by molar-refractivity contribution is 0.708. The van der Waals surface area contributed by atoms with Crippen molar-refractivity contribution in [2.45, 2.75) is 37.4 Å². The molecule has 0 saturated carbocycles. The van der Waals surface area contributed by atoms with Gasteiger partial charge in [-0.1, -0.05) is 6.42 Å². The summed E-state index contributed by atoms with van der Waals surface area (Å²) in [6, 6.07) is 0. The van der Waals surface area contributed by atoms with Crippen molar-refractivity contribution in [3.05, 3.63) is 17.1 Å². The molecule has 1 fully saturated rings. The van der Waals surface area contributed by atoms with E-state index in [1.807, 2.05) is 23.5 Å². The van der Waals surface area contributed by atoms with Crippen molar-refractivity contribution in [3.63, 3.8) is 0 Å². The molecule has 0 aromatic carbocycles. The molecule has 1 aliphatic carbocycles. The van der Waals surface area contributed by atoms with Crippen LogP contribution in [0.25, 0.3) is 0 Å². The first-order valence-electron chi connectivity index (χ1n) is 6.69.